The molecule has 2 aromatic rings. The van der Waals surface area contributed by atoms with Crippen LogP contribution in [0.4, 0.5) is 4.79 Å². The number of carbonyl (C=O) groups is 3. The second kappa shape index (κ2) is 9.65. The lowest BCUT2D eigenvalue weighted by molar-refractivity contribution is -0.150. The van der Waals surface area contributed by atoms with Gasteiger partial charge in [-0.2, -0.15) is 11.8 Å². The zero-order valence-corrected chi connectivity index (χ0v) is 18.6. The maximum absolute atomic E-state index is 13.0. The molecule has 0 spiro atoms. The highest BCUT2D eigenvalue weighted by Gasteiger charge is 2.36. The summed E-state index contributed by atoms with van der Waals surface area (Å²) in [4.78, 5) is 38.4. The highest BCUT2D eigenvalue weighted by Crippen LogP contribution is 2.44. The minimum absolute atomic E-state index is 0.0700. The van der Waals surface area contributed by atoms with Crippen molar-refractivity contribution in [2.75, 3.05) is 24.7 Å². The first-order valence-corrected chi connectivity index (χ1v) is 11.9. The summed E-state index contributed by atoms with van der Waals surface area (Å²) in [6, 6.07) is 14.4. The van der Waals surface area contributed by atoms with E-state index in [9.17, 15) is 19.5 Å². The molecule has 1 fully saturated rings. The first-order valence-electron chi connectivity index (χ1n) is 10.7. The van der Waals surface area contributed by atoms with Crippen molar-refractivity contribution in [3.05, 3.63) is 59.7 Å². The molecular formula is C24H26N2O5S. The van der Waals surface area contributed by atoms with E-state index in [4.69, 9.17) is 4.74 Å². The van der Waals surface area contributed by atoms with Crippen molar-refractivity contribution >= 4 is 29.7 Å². The van der Waals surface area contributed by atoms with Crippen molar-refractivity contribution < 1.29 is 24.2 Å². The van der Waals surface area contributed by atoms with E-state index in [0.717, 1.165) is 22.3 Å². The van der Waals surface area contributed by atoms with E-state index in [1.165, 1.54) is 16.7 Å². The number of amides is 2. The third-order valence-corrected chi connectivity index (χ3v) is 7.06. The van der Waals surface area contributed by atoms with Crippen LogP contribution in [-0.4, -0.2) is 64.7 Å². The predicted octanol–water partition coefficient (Wildman–Crippen LogP) is 3.33. The number of aliphatic carboxylic acids is 1. The van der Waals surface area contributed by atoms with Crippen molar-refractivity contribution in [3.63, 3.8) is 0 Å². The van der Waals surface area contributed by atoms with Gasteiger partial charge in [-0.3, -0.25) is 4.79 Å². The molecule has 0 radical (unpaired) electrons. The maximum atomic E-state index is 13.0. The molecule has 1 aliphatic carbocycles. The monoisotopic (exact) mass is 454 g/mol. The molecule has 32 heavy (non-hydrogen) atoms. The topological polar surface area (TPSA) is 95.9 Å². The van der Waals surface area contributed by atoms with Gasteiger partial charge in [-0.1, -0.05) is 55.5 Å². The van der Waals surface area contributed by atoms with Crippen LogP contribution in [0, 0.1) is 0 Å². The Labute approximate surface area is 191 Å². The average molecular weight is 455 g/mol. The van der Waals surface area contributed by atoms with Crippen LogP contribution in [0.3, 0.4) is 0 Å². The van der Waals surface area contributed by atoms with Gasteiger partial charge in [0.05, 0.1) is 0 Å². The quantitative estimate of drug-likeness (QED) is 0.695. The SMILES string of the molecule is CC[C@@H](NC(=O)OCC1c2ccccc2-c2ccccc21)C(=O)N1CCSCC1C(=O)O. The van der Waals surface area contributed by atoms with E-state index in [-0.39, 0.29) is 18.4 Å². The molecule has 1 heterocycles. The van der Waals surface area contributed by atoms with Gasteiger partial charge in [0.1, 0.15) is 18.7 Å². The number of nitrogens with one attached hydrogen (secondary N) is 1. The fourth-order valence-electron chi connectivity index (χ4n) is 4.39. The van der Waals surface area contributed by atoms with Crippen molar-refractivity contribution in [2.45, 2.75) is 31.3 Å². The zero-order chi connectivity index (χ0) is 22.7. The van der Waals surface area contributed by atoms with Gasteiger partial charge in [-0.25, -0.2) is 9.59 Å². The normalized spacial score (nSPS) is 18.4. The zero-order valence-electron chi connectivity index (χ0n) is 17.8. The second-order valence-electron chi connectivity index (χ2n) is 7.89. The number of carboxylic acids is 1. The molecule has 1 saturated heterocycles. The van der Waals surface area contributed by atoms with Crippen LogP contribution < -0.4 is 5.32 Å². The standard InChI is InChI=1S/C24H26N2O5S/c1-2-20(22(27)26-11-12-32-14-21(26)23(28)29)25-24(30)31-13-19-17-9-5-3-7-15(17)16-8-4-6-10-18(16)19/h3-10,19-21H,2,11-14H2,1H3,(H,25,30)(H,28,29)/t20-,21?/m1/s1. The van der Waals surface area contributed by atoms with E-state index in [0.29, 0.717) is 24.5 Å². The number of benzene rings is 2. The minimum atomic E-state index is -1.03. The molecule has 1 aliphatic heterocycles. The van der Waals surface area contributed by atoms with Gasteiger partial charge in [0.15, 0.2) is 0 Å². The Bertz CT molecular complexity index is 981. The van der Waals surface area contributed by atoms with Crippen LogP contribution in [0.5, 0.6) is 0 Å². The third-order valence-electron chi connectivity index (χ3n) is 6.04. The summed E-state index contributed by atoms with van der Waals surface area (Å²) in [6.45, 7) is 2.28. The summed E-state index contributed by atoms with van der Waals surface area (Å²) < 4.78 is 5.54. The molecule has 2 aliphatic rings. The number of hydrogen-bond acceptors (Lipinski definition) is 5. The molecule has 2 aromatic carbocycles. The number of ether oxygens (including phenoxy) is 1. The van der Waals surface area contributed by atoms with Gasteiger partial charge in [0.25, 0.3) is 0 Å². The minimum Gasteiger partial charge on any atom is -0.480 e. The fraction of sp³-hybridized carbons (Fsp3) is 0.375. The Hall–Kier alpha value is -3.00. The lowest BCUT2D eigenvalue weighted by atomic mass is 9.98. The molecule has 8 heteroatoms. The number of fused-ring (bicyclic) bond motifs is 3. The van der Waals surface area contributed by atoms with Crippen LogP contribution in [0.2, 0.25) is 0 Å². The average Bonchev–Trinajstić information content (AvgIpc) is 3.14. The van der Waals surface area contributed by atoms with Crippen LogP contribution in [0.25, 0.3) is 11.1 Å². The highest BCUT2D eigenvalue weighted by molar-refractivity contribution is 7.99. The third kappa shape index (κ3) is 4.32. The van der Waals surface area contributed by atoms with Crippen molar-refractivity contribution in [1.29, 1.82) is 0 Å². The number of carboxylic acid groups (broad SMARTS) is 1. The summed E-state index contributed by atoms with van der Waals surface area (Å²) in [5.74, 6) is -0.450. The first kappa shape index (κ1) is 22.2. The number of rotatable bonds is 6. The second-order valence-corrected chi connectivity index (χ2v) is 9.04. The number of hydrogen-bond donors (Lipinski definition) is 2. The van der Waals surface area contributed by atoms with Crippen molar-refractivity contribution in [2.24, 2.45) is 0 Å². The van der Waals surface area contributed by atoms with Crippen LogP contribution in [-0.2, 0) is 14.3 Å². The molecule has 0 aromatic heterocycles. The number of alkyl carbamates (subject to hydrolysis) is 1. The van der Waals surface area contributed by atoms with Crippen molar-refractivity contribution in [3.8, 4) is 11.1 Å². The number of thioether (sulfide) groups is 1. The molecular weight excluding hydrogens is 428 g/mol. The first-order chi connectivity index (χ1) is 15.5. The molecule has 0 saturated carbocycles. The van der Waals surface area contributed by atoms with E-state index < -0.39 is 24.1 Å². The highest BCUT2D eigenvalue weighted by atomic mass is 32.2. The summed E-state index contributed by atoms with van der Waals surface area (Å²) in [5, 5.41) is 12.1. The van der Waals surface area contributed by atoms with Gasteiger partial charge in [-0.15, -0.1) is 0 Å². The largest absolute Gasteiger partial charge is 0.480 e. The summed E-state index contributed by atoms with van der Waals surface area (Å²) in [7, 11) is 0. The van der Waals surface area contributed by atoms with Gasteiger partial charge in [0.2, 0.25) is 5.91 Å². The van der Waals surface area contributed by atoms with E-state index in [2.05, 4.69) is 17.4 Å². The Morgan fingerprint density at radius 2 is 1.75 bits per heavy atom. The number of nitrogens with zero attached hydrogens (tertiary/aromatic N) is 1. The Kier molecular flexibility index (Phi) is 6.69. The molecule has 1 unspecified atom stereocenters. The molecule has 7 nitrogen and oxygen atoms in total. The summed E-state index contributed by atoms with van der Waals surface area (Å²) in [5.41, 5.74) is 4.50. The lowest BCUT2D eigenvalue weighted by Crippen LogP contribution is -2.56. The van der Waals surface area contributed by atoms with Gasteiger partial charge in [-0.05, 0) is 28.7 Å². The molecule has 0 bridgehead atoms. The van der Waals surface area contributed by atoms with Gasteiger partial charge in [0, 0.05) is 24.0 Å². The van der Waals surface area contributed by atoms with Crippen LogP contribution in [0.15, 0.2) is 48.5 Å². The number of carbonyl (C=O) groups excluding carboxylic acids is 2. The summed E-state index contributed by atoms with van der Waals surface area (Å²) >= 11 is 1.51. The van der Waals surface area contributed by atoms with Gasteiger partial charge < -0.3 is 20.1 Å². The Morgan fingerprint density at radius 3 is 2.34 bits per heavy atom. The Balaban J connectivity index is 1.41. The fourth-order valence-corrected chi connectivity index (χ4v) is 5.43. The van der Waals surface area contributed by atoms with Gasteiger partial charge >= 0.3 is 12.1 Å². The molecule has 2 atom stereocenters. The smallest absolute Gasteiger partial charge is 0.407 e. The molecule has 2 amide bonds. The molecule has 168 valence electrons. The van der Waals surface area contributed by atoms with Crippen LogP contribution in [0.1, 0.15) is 30.4 Å². The van der Waals surface area contributed by atoms with E-state index >= 15 is 0 Å². The molecule has 2 N–H and O–H groups in total. The van der Waals surface area contributed by atoms with Crippen LogP contribution >= 0.6 is 11.8 Å². The van der Waals surface area contributed by atoms with E-state index in [1.807, 2.05) is 36.4 Å². The predicted molar refractivity (Wildman–Crippen MR) is 123 cm³/mol. The lowest BCUT2D eigenvalue weighted by Gasteiger charge is -2.35. The molecule has 4 rings (SSSR count). The Morgan fingerprint density at radius 1 is 1.12 bits per heavy atom. The van der Waals surface area contributed by atoms with E-state index in [1.54, 1.807) is 6.92 Å². The summed E-state index contributed by atoms with van der Waals surface area (Å²) in [6.07, 6.45) is -0.329. The van der Waals surface area contributed by atoms with Crippen molar-refractivity contribution in [1.82, 2.24) is 10.2 Å². The maximum Gasteiger partial charge on any atom is 0.407 e.